The molecule has 0 amide bonds. The normalized spacial score (nSPS) is 10.6. The van der Waals surface area contributed by atoms with Crippen molar-refractivity contribution in [2.45, 2.75) is 17.6 Å². The summed E-state index contributed by atoms with van der Waals surface area (Å²) in [7, 11) is 0. The van der Waals surface area contributed by atoms with Crippen LogP contribution in [-0.2, 0) is 5.75 Å². The second kappa shape index (κ2) is 5.36. The van der Waals surface area contributed by atoms with Crippen molar-refractivity contribution in [3.8, 4) is 0 Å². The van der Waals surface area contributed by atoms with Crippen molar-refractivity contribution in [1.82, 2.24) is 0 Å². The molecule has 2 aromatic rings. The van der Waals surface area contributed by atoms with Crippen LogP contribution in [0.2, 0.25) is 0 Å². The summed E-state index contributed by atoms with van der Waals surface area (Å²) in [5, 5.41) is 8.82. The number of anilines is 1. The molecule has 0 aliphatic rings. The van der Waals surface area contributed by atoms with Crippen molar-refractivity contribution >= 4 is 23.4 Å². The second-order valence-corrected chi connectivity index (χ2v) is 4.99. The fourth-order valence-electron chi connectivity index (χ4n) is 1.56. The number of benzene rings is 1. The maximum Gasteiger partial charge on any atom is 0.371 e. The van der Waals surface area contributed by atoms with Gasteiger partial charge < -0.3 is 15.3 Å². The minimum atomic E-state index is -1.11. The minimum Gasteiger partial charge on any atom is -0.475 e. The molecule has 0 unspecified atom stereocenters. The van der Waals surface area contributed by atoms with Crippen molar-refractivity contribution in [1.29, 1.82) is 0 Å². The van der Waals surface area contributed by atoms with Gasteiger partial charge in [0.25, 0.3) is 0 Å². The van der Waals surface area contributed by atoms with E-state index in [1.807, 2.05) is 0 Å². The van der Waals surface area contributed by atoms with E-state index in [-0.39, 0.29) is 11.6 Å². The molecule has 1 heterocycles. The Hall–Kier alpha value is -1.95. The number of nitrogen functional groups attached to an aromatic ring is 1. The summed E-state index contributed by atoms with van der Waals surface area (Å²) in [5.74, 6) is -0.548. The van der Waals surface area contributed by atoms with E-state index in [4.69, 9.17) is 15.3 Å². The number of carboxylic acid groups (broad SMARTS) is 1. The molecule has 19 heavy (non-hydrogen) atoms. The van der Waals surface area contributed by atoms with E-state index in [0.29, 0.717) is 22.1 Å². The first-order valence-electron chi connectivity index (χ1n) is 5.48. The molecule has 4 nitrogen and oxygen atoms in total. The van der Waals surface area contributed by atoms with Gasteiger partial charge in [0.1, 0.15) is 11.6 Å². The largest absolute Gasteiger partial charge is 0.475 e. The van der Waals surface area contributed by atoms with E-state index in [1.165, 1.54) is 36.0 Å². The molecule has 0 saturated carbocycles. The predicted molar refractivity (Wildman–Crippen MR) is 70.8 cm³/mol. The zero-order chi connectivity index (χ0) is 14.0. The zero-order valence-electron chi connectivity index (χ0n) is 10.1. The average molecular weight is 281 g/mol. The molecule has 2 rings (SSSR count). The smallest absolute Gasteiger partial charge is 0.371 e. The third-order valence-corrected chi connectivity index (χ3v) is 3.71. The predicted octanol–water partition coefficient (Wildman–Crippen LogP) is 3.30. The highest BCUT2D eigenvalue weighted by atomic mass is 32.2. The third-order valence-electron chi connectivity index (χ3n) is 2.59. The Labute approximate surface area is 113 Å². The molecule has 0 radical (unpaired) electrons. The van der Waals surface area contributed by atoms with Gasteiger partial charge in [-0.05, 0) is 31.2 Å². The summed E-state index contributed by atoms with van der Waals surface area (Å²) >= 11 is 1.34. The van der Waals surface area contributed by atoms with Gasteiger partial charge in [-0.15, -0.1) is 11.8 Å². The maximum absolute atomic E-state index is 13.1. The van der Waals surface area contributed by atoms with E-state index in [1.54, 1.807) is 6.92 Å². The van der Waals surface area contributed by atoms with Crippen LogP contribution >= 0.6 is 11.8 Å². The third kappa shape index (κ3) is 3.08. The van der Waals surface area contributed by atoms with Gasteiger partial charge in [0.2, 0.25) is 5.76 Å². The Bertz CT molecular complexity index is 624. The molecule has 0 fully saturated rings. The summed E-state index contributed by atoms with van der Waals surface area (Å²) in [6, 6.07) is 5.63. The molecular formula is C13H12FNO3S. The van der Waals surface area contributed by atoms with Crippen LogP contribution in [0, 0.1) is 12.7 Å². The number of aryl methyl sites for hydroxylation is 1. The van der Waals surface area contributed by atoms with Gasteiger partial charge in [0.15, 0.2) is 0 Å². The Morgan fingerprint density at radius 1 is 1.47 bits per heavy atom. The van der Waals surface area contributed by atoms with E-state index in [0.717, 1.165) is 5.56 Å². The van der Waals surface area contributed by atoms with Gasteiger partial charge >= 0.3 is 5.97 Å². The van der Waals surface area contributed by atoms with Crippen molar-refractivity contribution in [2.24, 2.45) is 0 Å². The Balaban J connectivity index is 2.14. The summed E-state index contributed by atoms with van der Waals surface area (Å²) in [5.41, 5.74) is 6.99. The summed E-state index contributed by atoms with van der Waals surface area (Å²) in [4.78, 5) is 11.4. The number of halogens is 1. The molecule has 0 aliphatic heterocycles. The van der Waals surface area contributed by atoms with Gasteiger partial charge in [0, 0.05) is 21.9 Å². The number of thioether (sulfide) groups is 1. The molecule has 0 aliphatic carbocycles. The highest BCUT2D eigenvalue weighted by molar-refractivity contribution is 7.98. The van der Waals surface area contributed by atoms with Crippen LogP contribution in [0.4, 0.5) is 10.1 Å². The van der Waals surface area contributed by atoms with Crippen molar-refractivity contribution in [3.63, 3.8) is 0 Å². The molecule has 0 atom stereocenters. The maximum atomic E-state index is 13.1. The topological polar surface area (TPSA) is 76.5 Å². The van der Waals surface area contributed by atoms with Crippen molar-refractivity contribution in [2.75, 3.05) is 5.73 Å². The second-order valence-electron chi connectivity index (χ2n) is 3.97. The Kier molecular flexibility index (Phi) is 3.80. The quantitative estimate of drug-likeness (QED) is 0.664. The molecule has 1 aromatic carbocycles. The number of aromatic carboxylic acids is 1. The molecule has 100 valence electrons. The number of carboxylic acids is 1. The fraction of sp³-hybridized carbons (Fsp3) is 0.154. The molecular weight excluding hydrogens is 269 g/mol. The Morgan fingerprint density at radius 2 is 2.21 bits per heavy atom. The lowest BCUT2D eigenvalue weighted by Crippen LogP contribution is -1.92. The first-order chi connectivity index (χ1) is 8.97. The number of furan rings is 1. The van der Waals surface area contributed by atoms with E-state index < -0.39 is 5.97 Å². The van der Waals surface area contributed by atoms with Gasteiger partial charge in [0.05, 0.1) is 0 Å². The van der Waals surface area contributed by atoms with Crippen LogP contribution in [0.25, 0.3) is 0 Å². The molecule has 0 bridgehead atoms. The first kappa shape index (κ1) is 13.5. The van der Waals surface area contributed by atoms with Gasteiger partial charge in [-0.1, -0.05) is 0 Å². The monoisotopic (exact) mass is 281 g/mol. The average Bonchev–Trinajstić information content (AvgIpc) is 2.72. The van der Waals surface area contributed by atoms with Gasteiger partial charge in [-0.2, -0.15) is 0 Å². The summed E-state index contributed by atoms with van der Waals surface area (Å²) in [6.45, 7) is 1.69. The minimum absolute atomic E-state index is 0.0969. The molecule has 6 heteroatoms. The van der Waals surface area contributed by atoms with E-state index in [9.17, 15) is 9.18 Å². The van der Waals surface area contributed by atoms with Crippen LogP contribution in [0.15, 0.2) is 33.6 Å². The number of hydrogen-bond donors (Lipinski definition) is 2. The van der Waals surface area contributed by atoms with Crippen LogP contribution < -0.4 is 5.73 Å². The summed E-state index contributed by atoms with van der Waals surface area (Å²) < 4.78 is 18.2. The van der Waals surface area contributed by atoms with Crippen molar-refractivity contribution < 1.29 is 18.7 Å². The summed E-state index contributed by atoms with van der Waals surface area (Å²) in [6.07, 6.45) is 0. The highest BCUT2D eigenvalue weighted by Crippen LogP contribution is 2.30. The van der Waals surface area contributed by atoms with Crippen LogP contribution in [0.1, 0.15) is 21.9 Å². The van der Waals surface area contributed by atoms with Crippen LogP contribution in [0.3, 0.4) is 0 Å². The number of nitrogens with two attached hydrogens (primary N) is 1. The SMILES string of the molecule is Cc1oc(C(=O)O)cc1CSc1cc(F)ccc1N. The van der Waals surface area contributed by atoms with Crippen molar-refractivity contribution in [3.05, 3.63) is 47.2 Å². The first-order valence-corrected chi connectivity index (χ1v) is 6.46. The fourth-order valence-corrected chi connectivity index (χ4v) is 2.59. The lowest BCUT2D eigenvalue weighted by atomic mass is 10.3. The number of rotatable bonds is 4. The van der Waals surface area contributed by atoms with Gasteiger partial charge in [-0.25, -0.2) is 9.18 Å². The van der Waals surface area contributed by atoms with E-state index >= 15 is 0 Å². The Morgan fingerprint density at radius 3 is 2.84 bits per heavy atom. The lowest BCUT2D eigenvalue weighted by Gasteiger charge is -2.04. The molecule has 0 saturated heterocycles. The lowest BCUT2D eigenvalue weighted by molar-refractivity contribution is 0.0661. The standard InChI is InChI=1S/C13H12FNO3S/c1-7-8(4-11(18-7)13(16)17)6-19-12-5-9(14)2-3-10(12)15/h2-5H,6,15H2,1H3,(H,16,17). The van der Waals surface area contributed by atoms with Crippen LogP contribution in [-0.4, -0.2) is 11.1 Å². The number of hydrogen-bond acceptors (Lipinski definition) is 4. The number of carbonyl (C=O) groups is 1. The molecule has 0 spiro atoms. The van der Waals surface area contributed by atoms with Gasteiger partial charge in [-0.3, -0.25) is 0 Å². The zero-order valence-corrected chi connectivity index (χ0v) is 11.0. The van der Waals surface area contributed by atoms with E-state index in [2.05, 4.69) is 0 Å². The van der Waals surface area contributed by atoms with Crippen LogP contribution in [0.5, 0.6) is 0 Å². The highest BCUT2D eigenvalue weighted by Gasteiger charge is 2.13. The molecule has 3 N–H and O–H groups in total. The molecule has 1 aromatic heterocycles.